The van der Waals surface area contributed by atoms with Gasteiger partial charge >= 0.3 is 5.97 Å². The summed E-state index contributed by atoms with van der Waals surface area (Å²) in [6.07, 6.45) is 0. The molecule has 92 valence electrons. The average Bonchev–Trinajstić information content (AvgIpc) is 2.37. The van der Waals surface area contributed by atoms with Gasteiger partial charge in [-0.25, -0.2) is 9.18 Å². The van der Waals surface area contributed by atoms with Gasteiger partial charge in [0.2, 0.25) is 0 Å². The highest BCUT2D eigenvalue weighted by Gasteiger charge is 2.03. The first kappa shape index (κ1) is 12.1. The summed E-state index contributed by atoms with van der Waals surface area (Å²) in [5, 5.41) is 11.9. The van der Waals surface area contributed by atoms with Gasteiger partial charge in [-0.2, -0.15) is 0 Å². The van der Waals surface area contributed by atoms with E-state index in [1.807, 2.05) is 0 Å². The van der Waals surface area contributed by atoms with Gasteiger partial charge < -0.3 is 10.4 Å². The van der Waals surface area contributed by atoms with Gasteiger partial charge in [0.15, 0.2) is 0 Å². The molecule has 0 amide bonds. The van der Waals surface area contributed by atoms with Crippen LogP contribution in [0.4, 0.5) is 10.1 Å². The smallest absolute Gasteiger partial charge is 0.335 e. The summed E-state index contributed by atoms with van der Waals surface area (Å²) in [5.74, 6) is -1.25. The van der Waals surface area contributed by atoms with E-state index in [2.05, 4.69) is 5.32 Å². The SMILES string of the molecule is O=C(O)c1cccc(NCc2cccc(F)c2)c1. The molecular formula is C14H12FNO2. The second-order valence-corrected chi connectivity index (χ2v) is 3.87. The summed E-state index contributed by atoms with van der Waals surface area (Å²) in [6.45, 7) is 0.445. The Kier molecular flexibility index (Phi) is 3.57. The molecule has 0 aliphatic carbocycles. The Bertz CT molecular complexity index is 569. The van der Waals surface area contributed by atoms with Crippen molar-refractivity contribution >= 4 is 11.7 Å². The molecule has 2 aromatic carbocycles. The van der Waals surface area contributed by atoms with Gasteiger partial charge in [0, 0.05) is 12.2 Å². The van der Waals surface area contributed by atoms with E-state index >= 15 is 0 Å². The van der Waals surface area contributed by atoms with Gasteiger partial charge in [0.1, 0.15) is 5.82 Å². The topological polar surface area (TPSA) is 49.3 Å². The first-order chi connectivity index (χ1) is 8.65. The van der Waals surface area contributed by atoms with E-state index in [-0.39, 0.29) is 11.4 Å². The van der Waals surface area contributed by atoms with Gasteiger partial charge in [0.05, 0.1) is 5.56 Å². The Balaban J connectivity index is 2.06. The van der Waals surface area contributed by atoms with Crippen LogP contribution in [-0.2, 0) is 6.54 Å². The Morgan fingerprint density at radius 2 is 1.94 bits per heavy atom. The molecule has 0 saturated carbocycles. The summed E-state index contributed by atoms with van der Waals surface area (Å²) < 4.78 is 13.0. The predicted octanol–water partition coefficient (Wildman–Crippen LogP) is 3.14. The third kappa shape index (κ3) is 3.07. The molecule has 0 radical (unpaired) electrons. The molecule has 0 bridgehead atoms. The highest BCUT2D eigenvalue weighted by Crippen LogP contribution is 2.12. The molecule has 3 nitrogen and oxygen atoms in total. The monoisotopic (exact) mass is 245 g/mol. The van der Waals surface area contributed by atoms with E-state index in [0.29, 0.717) is 12.2 Å². The number of carboxylic acids is 1. The lowest BCUT2D eigenvalue weighted by atomic mass is 10.2. The lowest BCUT2D eigenvalue weighted by Crippen LogP contribution is -2.02. The van der Waals surface area contributed by atoms with Crippen LogP contribution in [0.5, 0.6) is 0 Å². The number of nitrogens with one attached hydrogen (secondary N) is 1. The molecule has 0 spiro atoms. The van der Waals surface area contributed by atoms with Gasteiger partial charge in [-0.05, 0) is 35.9 Å². The molecule has 2 rings (SSSR count). The van der Waals surface area contributed by atoms with Crippen LogP contribution in [0.25, 0.3) is 0 Å². The maximum atomic E-state index is 13.0. The van der Waals surface area contributed by atoms with Crippen molar-refractivity contribution in [2.24, 2.45) is 0 Å². The van der Waals surface area contributed by atoms with Crippen LogP contribution < -0.4 is 5.32 Å². The number of anilines is 1. The number of rotatable bonds is 4. The summed E-state index contributed by atoms with van der Waals surface area (Å²) in [7, 11) is 0. The van der Waals surface area contributed by atoms with E-state index in [0.717, 1.165) is 5.56 Å². The van der Waals surface area contributed by atoms with Crippen LogP contribution in [0.1, 0.15) is 15.9 Å². The zero-order chi connectivity index (χ0) is 13.0. The molecule has 18 heavy (non-hydrogen) atoms. The van der Waals surface area contributed by atoms with Gasteiger partial charge in [-0.1, -0.05) is 18.2 Å². The molecule has 0 unspecified atom stereocenters. The first-order valence-electron chi connectivity index (χ1n) is 5.47. The minimum Gasteiger partial charge on any atom is -0.478 e. The zero-order valence-electron chi connectivity index (χ0n) is 9.56. The summed E-state index contributed by atoms with van der Waals surface area (Å²) in [5.41, 5.74) is 1.72. The number of hydrogen-bond acceptors (Lipinski definition) is 2. The molecule has 0 aliphatic heterocycles. The predicted molar refractivity (Wildman–Crippen MR) is 67.1 cm³/mol. The fourth-order valence-electron chi connectivity index (χ4n) is 1.61. The van der Waals surface area contributed by atoms with Crippen molar-refractivity contribution in [2.45, 2.75) is 6.54 Å². The van der Waals surface area contributed by atoms with Crippen LogP contribution >= 0.6 is 0 Å². The molecule has 0 aromatic heterocycles. The van der Waals surface area contributed by atoms with Crippen molar-refractivity contribution in [3.05, 3.63) is 65.5 Å². The van der Waals surface area contributed by atoms with E-state index in [9.17, 15) is 9.18 Å². The summed E-state index contributed by atoms with van der Waals surface area (Å²) in [4.78, 5) is 10.8. The van der Waals surface area contributed by atoms with Crippen LogP contribution in [-0.4, -0.2) is 11.1 Å². The van der Waals surface area contributed by atoms with Gasteiger partial charge in [-0.3, -0.25) is 0 Å². The normalized spacial score (nSPS) is 10.1. The number of carboxylic acid groups (broad SMARTS) is 1. The number of carbonyl (C=O) groups is 1. The van der Waals surface area contributed by atoms with Crippen molar-refractivity contribution in [1.29, 1.82) is 0 Å². The zero-order valence-corrected chi connectivity index (χ0v) is 9.56. The maximum absolute atomic E-state index is 13.0. The van der Waals surface area contributed by atoms with Crippen LogP contribution in [0.15, 0.2) is 48.5 Å². The van der Waals surface area contributed by atoms with Crippen molar-refractivity contribution in [3.63, 3.8) is 0 Å². The number of halogens is 1. The molecule has 0 saturated heterocycles. The van der Waals surface area contributed by atoms with Crippen molar-refractivity contribution in [1.82, 2.24) is 0 Å². The van der Waals surface area contributed by atoms with Crippen LogP contribution in [0.2, 0.25) is 0 Å². The molecule has 0 heterocycles. The average molecular weight is 245 g/mol. The Morgan fingerprint density at radius 1 is 1.17 bits per heavy atom. The quantitative estimate of drug-likeness (QED) is 0.870. The Morgan fingerprint density at radius 3 is 2.67 bits per heavy atom. The highest BCUT2D eigenvalue weighted by molar-refractivity contribution is 5.88. The second-order valence-electron chi connectivity index (χ2n) is 3.87. The lowest BCUT2D eigenvalue weighted by Gasteiger charge is -2.07. The van der Waals surface area contributed by atoms with E-state index < -0.39 is 5.97 Å². The van der Waals surface area contributed by atoms with Crippen molar-refractivity contribution < 1.29 is 14.3 Å². The standard InChI is InChI=1S/C14H12FNO2/c15-12-5-1-3-10(7-12)9-16-13-6-2-4-11(8-13)14(17)18/h1-8,16H,9H2,(H,17,18). The third-order valence-electron chi connectivity index (χ3n) is 2.50. The summed E-state index contributed by atoms with van der Waals surface area (Å²) >= 11 is 0. The lowest BCUT2D eigenvalue weighted by molar-refractivity contribution is 0.0697. The second kappa shape index (κ2) is 5.31. The highest BCUT2D eigenvalue weighted by atomic mass is 19.1. The number of benzene rings is 2. The van der Waals surface area contributed by atoms with Crippen LogP contribution in [0, 0.1) is 5.82 Å². The largest absolute Gasteiger partial charge is 0.478 e. The Hall–Kier alpha value is -2.36. The molecule has 2 N–H and O–H groups in total. The van der Waals surface area contributed by atoms with E-state index in [1.165, 1.54) is 18.2 Å². The van der Waals surface area contributed by atoms with Crippen molar-refractivity contribution in [2.75, 3.05) is 5.32 Å². The molecular weight excluding hydrogens is 233 g/mol. The minimum atomic E-state index is -0.968. The number of aromatic carboxylic acids is 1. The van der Waals surface area contributed by atoms with Gasteiger partial charge in [-0.15, -0.1) is 0 Å². The number of hydrogen-bond donors (Lipinski definition) is 2. The van der Waals surface area contributed by atoms with Crippen molar-refractivity contribution in [3.8, 4) is 0 Å². The minimum absolute atomic E-state index is 0.222. The molecule has 0 atom stereocenters. The molecule has 0 fully saturated rings. The summed E-state index contributed by atoms with van der Waals surface area (Å²) in [6, 6.07) is 12.8. The van der Waals surface area contributed by atoms with Crippen LogP contribution in [0.3, 0.4) is 0 Å². The fourth-order valence-corrected chi connectivity index (χ4v) is 1.61. The third-order valence-corrected chi connectivity index (χ3v) is 2.50. The van der Waals surface area contributed by atoms with E-state index in [4.69, 9.17) is 5.11 Å². The first-order valence-corrected chi connectivity index (χ1v) is 5.47. The molecule has 0 aliphatic rings. The van der Waals surface area contributed by atoms with E-state index in [1.54, 1.807) is 30.3 Å². The molecule has 4 heteroatoms. The van der Waals surface area contributed by atoms with Gasteiger partial charge in [0.25, 0.3) is 0 Å². The molecule has 2 aromatic rings. The maximum Gasteiger partial charge on any atom is 0.335 e. The Labute approximate surface area is 104 Å². The fraction of sp³-hybridized carbons (Fsp3) is 0.0714.